The molecule has 1 heterocycles. The van der Waals surface area contributed by atoms with Crippen molar-refractivity contribution in [3.63, 3.8) is 0 Å². The van der Waals surface area contributed by atoms with Crippen LogP contribution in [0.25, 0.3) is 20.2 Å². The quantitative estimate of drug-likeness (QED) is 0.363. The summed E-state index contributed by atoms with van der Waals surface area (Å²) in [5.41, 5.74) is 2.43. The molecule has 0 bridgehead atoms. The molecule has 0 atom stereocenters. The number of thiophene rings is 1. The van der Waals surface area contributed by atoms with E-state index in [4.69, 9.17) is 0 Å². The zero-order valence-electron chi connectivity index (χ0n) is 14.0. The Hall–Kier alpha value is -2.99. The molecule has 1 aromatic heterocycles. The van der Waals surface area contributed by atoms with Crippen LogP contribution in [0.1, 0.15) is 5.56 Å². The SMILES string of the molecule is FC(F)=C(F)OCc1ccc(Nc2cccc3c2sc2ccccc23)cc1. The van der Waals surface area contributed by atoms with Gasteiger partial charge in [0.05, 0.1) is 10.4 Å². The molecule has 0 saturated carbocycles. The Morgan fingerprint density at radius 3 is 2.37 bits per heavy atom. The second kappa shape index (κ2) is 7.32. The summed E-state index contributed by atoms with van der Waals surface area (Å²) in [4.78, 5) is 0. The van der Waals surface area contributed by atoms with Crippen LogP contribution in [0, 0.1) is 0 Å². The average molecular weight is 385 g/mol. The largest absolute Gasteiger partial charge is 0.462 e. The highest BCUT2D eigenvalue weighted by Crippen LogP contribution is 2.38. The summed E-state index contributed by atoms with van der Waals surface area (Å²) in [7, 11) is 0. The van der Waals surface area contributed by atoms with E-state index in [1.165, 1.54) is 15.5 Å². The van der Waals surface area contributed by atoms with Crippen molar-refractivity contribution in [1.82, 2.24) is 0 Å². The fourth-order valence-corrected chi connectivity index (χ4v) is 4.06. The van der Waals surface area contributed by atoms with Gasteiger partial charge in [-0.15, -0.1) is 11.3 Å². The first-order chi connectivity index (χ1) is 13.1. The number of hydrogen-bond acceptors (Lipinski definition) is 3. The highest BCUT2D eigenvalue weighted by atomic mass is 32.1. The van der Waals surface area contributed by atoms with Gasteiger partial charge in [-0.05, 0) is 29.8 Å². The molecular weight excluding hydrogens is 371 g/mol. The van der Waals surface area contributed by atoms with E-state index in [0.29, 0.717) is 5.56 Å². The third-order valence-electron chi connectivity index (χ3n) is 4.15. The normalized spacial score (nSPS) is 10.9. The van der Waals surface area contributed by atoms with Gasteiger partial charge in [0.1, 0.15) is 6.61 Å². The van der Waals surface area contributed by atoms with Crippen LogP contribution in [0.4, 0.5) is 24.5 Å². The molecule has 136 valence electrons. The molecule has 3 aromatic carbocycles. The number of fused-ring (bicyclic) bond motifs is 3. The van der Waals surface area contributed by atoms with Gasteiger partial charge in [-0.3, -0.25) is 0 Å². The van der Waals surface area contributed by atoms with Gasteiger partial charge in [0, 0.05) is 21.2 Å². The minimum Gasteiger partial charge on any atom is -0.462 e. The van der Waals surface area contributed by atoms with Crippen molar-refractivity contribution in [2.45, 2.75) is 6.61 Å². The van der Waals surface area contributed by atoms with Gasteiger partial charge < -0.3 is 10.1 Å². The predicted molar refractivity (Wildman–Crippen MR) is 104 cm³/mol. The van der Waals surface area contributed by atoms with Crippen LogP contribution in [0.15, 0.2) is 78.8 Å². The number of rotatable bonds is 5. The van der Waals surface area contributed by atoms with Crippen LogP contribution in [-0.2, 0) is 11.3 Å². The fraction of sp³-hybridized carbons (Fsp3) is 0.0476. The Morgan fingerprint density at radius 2 is 1.59 bits per heavy atom. The van der Waals surface area contributed by atoms with E-state index in [-0.39, 0.29) is 6.61 Å². The van der Waals surface area contributed by atoms with E-state index in [9.17, 15) is 13.2 Å². The van der Waals surface area contributed by atoms with Crippen molar-refractivity contribution < 1.29 is 17.9 Å². The standard InChI is InChI=1S/C21H14F3NOS/c22-20(23)21(24)26-12-13-8-10-14(11-9-13)25-17-6-3-5-16-15-4-1-2-7-18(15)27-19(16)17/h1-11,25H,12H2. The summed E-state index contributed by atoms with van der Waals surface area (Å²) in [5, 5.41) is 5.81. The lowest BCUT2D eigenvalue weighted by Crippen LogP contribution is -1.93. The minimum absolute atomic E-state index is 0.255. The lowest BCUT2D eigenvalue weighted by atomic mass is 10.1. The van der Waals surface area contributed by atoms with E-state index < -0.39 is 12.1 Å². The van der Waals surface area contributed by atoms with Crippen LogP contribution < -0.4 is 5.32 Å². The molecule has 0 aliphatic heterocycles. The third kappa shape index (κ3) is 3.61. The molecule has 0 amide bonds. The van der Waals surface area contributed by atoms with Crippen LogP contribution >= 0.6 is 11.3 Å². The number of ether oxygens (including phenoxy) is 1. The Labute approximate surface area is 157 Å². The summed E-state index contributed by atoms with van der Waals surface area (Å²) in [6, 6.07) is 19.6. The zero-order chi connectivity index (χ0) is 18.8. The molecule has 27 heavy (non-hydrogen) atoms. The molecule has 0 radical (unpaired) electrons. The first-order valence-electron chi connectivity index (χ1n) is 8.21. The lowest BCUT2D eigenvalue weighted by Gasteiger charge is -2.09. The van der Waals surface area contributed by atoms with Gasteiger partial charge in [0.2, 0.25) is 0 Å². The molecule has 1 N–H and O–H groups in total. The van der Waals surface area contributed by atoms with Crippen LogP contribution in [0.5, 0.6) is 0 Å². The molecule has 4 aromatic rings. The van der Waals surface area contributed by atoms with E-state index >= 15 is 0 Å². The summed E-state index contributed by atoms with van der Waals surface area (Å²) in [6.45, 7) is -0.255. The van der Waals surface area contributed by atoms with Crippen molar-refractivity contribution in [1.29, 1.82) is 0 Å². The molecule has 0 fully saturated rings. The highest BCUT2D eigenvalue weighted by molar-refractivity contribution is 7.26. The maximum Gasteiger partial charge on any atom is 0.342 e. The summed E-state index contributed by atoms with van der Waals surface area (Å²) < 4.78 is 43.5. The van der Waals surface area contributed by atoms with Crippen LogP contribution in [0.2, 0.25) is 0 Å². The maximum absolute atomic E-state index is 12.7. The third-order valence-corrected chi connectivity index (χ3v) is 5.37. The van der Waals surface area contributed by atoms with Crippen molar-refractivity contribution in [3.8, 4) is 0 Å². The highest BCUT2D eigenvalue weighted by Gasteiger charge is 2.09. The van der Waals surface area contributed by atoms with Crippen LogP contribution in [-0.4, -0.2) is 0 Å². The number of benzene rings is 3. The number of nitrogens with one attached hydrogen (secondary N) is 1. The Bertz CT molecular complexity index is 1130. The fourth-order valence-electron chi connectivity index (χ4n) is 2.89. The Balaban J connectivity index is 1.56. The van der Waals surface area contributed by atoms with Gasteiger partial charge >= 0.3 is 12.1 Å². The Morgan fingerprint density at radius 1 is 0.852 bits per heavy atom. The number of halogens is 3. The summed E-state index contributed by atoms with van der Waals surface area (Å²) in [6.07, 6.45) is -2.45. The average Bonchev–Trinajstić information content (AvgIpc) is 3.07. The van der Waals surface area contributed by atoms with E-state index in [0.717, 1.165) is 16.1 Å². The zero-order valence-corrected chi connectivity index (χ0v) is 14.8. The summed E-state index contributed by atoms with van der Waals surface area (Å²) in [5.74, 6) is 0. The van der Waals surface area contributed by atoms with Crippen LogP contribution in [0.3, 0.4) is 0 Å². The molecule has 0 saturated heterocycles. The maximum atomic E-state index is 12.7. The Kier molecular flexibility index (Phi) is 4.73. The van der Waals surface area contributed by atoms with E-state index in [1.807, 2.05) is 24.3 Å². The first-order valence-corrected chi connectivity index (χ1v) is 9.03. The molecule has 4 rings (SSSR count). The minimum atomic E-state index is -2.45. The van der Waals surface area contributed by atoms with Gasteiger partial charge in [-0.1, -0.05) is 42.5 Å². The van der Waals surface area contributed by atoms with Gasteiger partial charge in [0.15, 0.2) is 0 Å². The monoisotopic (exact) mass is 385 g/mol. The molecule has 0 aliphatic rings. The van der Waals surface area contributed by atoms with Gasteiger partial charge in [-0.25, -0.2) is 0 Å². The molecule has 0 spiro atoms. The van der Waals surface area contributed by atoms with Crippen molar-refractivity contribution in [2.75, 3.05) is 5.32 Å². The lowest BCUT2D eigenvalue weighted by molar-refractivity contribution is 0.108. The van der Waals surface area contributed by atoms with Crippen molar-refractivity contribution in [3.05, 3.63) is 84.4 Å². The predicted octanol–water partition coefficient (Wildman–Crippen LogP) is 7.35. The number of anilines is 2. The summed E-state index contributed by atoms with van der Waals surface area (Å²) >= 11 is 1.72. The molecule has 2 nitrogen and oxygen atoms in total. The molecule has 6 heteroatoms. The van der Waals surface area contributed by atoms with E-state index in [1.54, 1.807) is 35.6 Å². The smallest absolute Gasteiger partial charge is 0.342 e. The number of hydrogen-bond donors (Lipinski definition) is 1. The van der Waals surface area contributed by atoms with E-state index in [2.05, 4.69) is 28.3 Å². The van der Waals surface area contributed by atoms with Crippen molar-refractivity contribution in [2.24, 2.45) is 0 Å². The van der Waals surface area contributed by atoms with Gasteiger partial charge in [-0.2, -0.15) is 13.2 Å². The second-order valence-corrected chi connectivity index (χ2v) is 6.98. The van der Waals surface area contributed by atoms with Gasteiger partial charge in [0.25, 0.3) is 0 Å². The first kappa shape index (κ1) is 17.4. The van der Waals surface area contributed by atoms with Crippen molar-refractivity contribution >= 4 is 42.9 Å². The molecule has 0 unspecified atom stereocenters. The molecular formula is C21H14F3NOS. The topological polar surface area (TPSA) is 21.3 Å². The molecule has 0 aliphatic carbocycles. The second-order valence-electron chi connectivity index (χ2n) is 5.93.